The number of H-pyrrole nitrogens is 1. The third-order valence-electron chi connectivity index (χ3n) is 4.48. The normalized spacial score (nSPS) is 11.6. The number of nitrogens with one attached hydrogen (secondary N) is 2. The molecule has 0 radical (unpaired) electrons. The highest BCUT2D eigenvalue weighted by Crippen LogP contribution is 2.25. The van der Waals surface area contributed by atoms with E-state index in [0.29, 0.717) is 10.2 Å². The van der Waals surface area contributed by atoms with Crippen molar-refractivity contribution in [1.29, 1.82) is 0 Å². The smallest absolute Gasteiger partial charge is 0.262 e. The summed E-state index contributed by atoms with van der Waals surface area (Å²) < 4.78 is 1.30. The van der Waals surface area contributed by atoms with Gasteiger partial charge in [-0.25, -0.2) is 10.4 Å². The second-order valence-electron chi connectivity index (χ2n) is 6.22. The number of hydrogen-bond acceptors (Lipinski definition) is 5. The Hall–Kier alpha value is -3.26. The molecule has 0 saturated heterocycles. The molecule has 0 spiro atoms. The summed E-state index contributed by atoms with van der Waals surface area (Å²) in [6.45, 7) is 3.71. The molecular formula is C19H17N5O2S. The summed E-state index contributed by atoms with van der Waals surface area (Å²) in [6.07, 6.45) is 4.81. The molecular weight excluding hydrogens is 362 g/mol. The predicted octanol–water partition coefficient (Wildman–Crippen LogP) is 2.71. The van der Waals surface area contributed by atoms with E-state index in [-0.39, 0.29) is 18.0 Å². The van der Waals surface area contributed by atoms with Crippen LogP contribution in [0.1, 0.15) is 16.0 Å². The van der Waals surface area contributed by atoms with Gasteiger partial charge in [-0.2, -0.15) is 5.10 Å². The minimum absolute atomic E-state index is 0.138. The lowest BCUT2D eigenvalue weighted by atomic mass is 10.2. The lowest BCUT2D eigenvalue weighted by molar-refractivity contribution is -0.121. The van der Waals surface area contributed by atoms with Gasteiger partial charge in [-0.3, -0.25) is 14.2 Å². The number of aryl methyl sites for hydroxylation is 2. The number of benzene rings is 1. The van der Waals surface area contributed by atoms with Gasteiger partial charge in [0.15, 0.2) is 0 Å². The molecule has 4 rings (SSSR count). The van der Waals surface area contributed by atoms with Crippen LogP contribution in [0.3, 0.4) is 0 Å². The Bertz CT molecular complexity index is 1250. The van der Waals surface area contributed by atoms with Gasteiger partial charge in [-0.15, -0.1) is 11.3 Å². The first kappa shape index (κ1) is 17.2. The Morgan fingerprint density at radius 3 is 3.04 bits per heavy atom. The van der Waals surface area contributed by atoms with Crippen LogP contribution in [0.5, 0.6) is 0 Å². The summed E-state index contributed by atoms with van der Waals surface area (Å²) in [5.74, 6) is -0.390. The number of hydrazone groups is 1. The van der Waals surface area contributed by atoms with Crippen molar-refractivity contribution in [2.45, 2.75) is 20.4 Å². The third kappa shape index (κ3) is 3.15. The molecule has 0 atom stereocenters. The molecule has 8 heteroatoms. The van der Waals surface area contributed by atoms with E-state index in [2.05, 4.69) is 20.5 Å². The van der Waals surface area contributed by atoms with Gasteiger partial charge in [0, 0.05) is 27.5 Å². The molecule has 0 aliphatic heterocycles. The van der Waals surface area contributed by atoms with Crippen molar-refractivity contribution in [3.8, 4) is 0 Å². The first-order valence-corrected chi connectivity index (χ1v) is 9.19. The summed E-state index contributed by atoms with van der Waals surface area (Å²) >= 11 is 1.48. The van der Waals surface area contributed by atoms with Crippen LogP contribution in [0.2, 0.25) is 0 Å². The molecule has 0 fully saturated rings. The fraction of sp³-hybridized carbons (Fsp3) is 0.158. The van der Waals surface area contributed by atoms with Crippen molar-refractivity contribution in [2.75, 3.05) is 0 Å². The zero-order chi connectivity index (χ0) is 19.0. The maximum absolute atomic E-state index is 12.6. The van der Waals surface area contributed by atoms with E-state index in [0.717, 1.165) is 26.9 Å². The number of amides is 1. The zero-order valence-corrected chi connectivity index (χ0v) is 15.6. The molecule has 4 aromatic rings. The Morgan fingerprint density at radius 1 is 1.37 bits per heavy atom. The SMILES string of the molecule is Cc1sc2ncn(CC(=O)NN=Cc3c[nH]c4ccccc34)c(=O)c2c1C. The van der Waals surface area contributed by atoms with Crippen molar-refractivity contribution in [3.05, 3.63) is 63.1 Å². The van der Waals surface area contributed by atoms with Gasteiger partial charge >= 0.3 is 0 Å². The van der Waals surface area contributed by atoms with E-state index in [1.54, 1.807) is 6.21 Å². The van der Waals surface area contributed by atoms with E-state index in [4.69, 9.17) is 0 Å². The quantitative estimate of drug-likeness (QED) is 0.422. The molecule has 136 valence electrons. The number of aromatic nitrogens is 3. The average Bonchev–Trinajstić information content (AvgIpc) is 3.19. The maximum Gasteiger partial charge on any atom is 0.262 e. The van der Waals surface area contributed by atoms with Crippen molar-refractivity contribution >= 4 is 44.6 Å². The van der Waals surface area contributed by atoms with E-state index in [1.807, 2.05) is 44.3 Å². The Kier molecular flexibility index (Phi) is 4.33. The van der Waals surface area contributed by atoms with Gasteiger partial charge in [-0.1, -0.05) is 18.2 Å². The lowest BCUT2D eigenvalue weighted by Gasteiger charge is -2.04. The number of carbonyl (C=O) groups is 1. The Labute approximate surface area is 158 Å². The maximum atomic E-state index is 12.6. The van der Waals surface area contributed by atoms with Crippen LogP contribution < -0.4 is 11.0 Å². The minimum atomic E-state index is -0.390. The van der Waals surface area contributed by atoms with Crippen molar-refractivity contribution in [2.24, 2.45) is 5.10 Å². The molecule has 0 bridgehead atoms. The summed E-state index contributed by atoms with van der Waals surface area (Å²) in [4.78, 5) is 34.0. The molecule has 1 aromatic carbocycles. The predicted molar refractivity (Wildman–Crippen MR) is 107 cm³/mol. The minimum Gasteiger partial charge on any atom is -0.361 e. The highest BCUT2D eigenvalue weighted by molar-refractivity contribution is 7.18. The van der Waals surface area contributed by atoms with Crippen LogP contribution in [0.25, 0.3) is 21.1 Å². The largest absolute Gasteiger partial charge is 0.361 e. The van der Waals surface area contributed by atoms with Gasteiger partial charge in [0.25, 0.3) is 11.5 Å². The molecule has 7 nitrogen and oxygen atoms in total. The van der Waals surface area contributed by atoms with Crippen LogP contribution in [-0.4, -0.2) is 26.7 Å². The van der Waals surface area contributed by atoms with Gasteiger partial charge in [-0.05, 0) is 25.5 Å². The summed E-state index contributed by atoms with van der Waals surface area (Å²) in [5, 5.41) is 5.59. The second kappa shape index (κ2) is 6.81. The molecule has 3 aromatic heterocycles. The monoisotopic (exact) mass is 379 g/mol. The number of nitrogens with zero attached hydrogens (tertiary/aromatic N) is 3. The van der Waals surface area contributed by atoms with Crippen molar-refractivity contribution in [1.82, 2.24) is 20.0 Å². The molecule has 1 amide bonds. The molecule has 27 heavy (non-hydrogen) atoms. The lowest BCUT2D eigenvalue weighted by Crippen LogP contribution is -2.30. The second-order valence-corrected chi connectivity index (χ2v) is 7.43. The van der Waals surface area contributed by atoms with Crippen LogP contribution in [0.15, 0.2) is 46.7 Å². The third-order valence-corrected chi connectivity index (χ3v) is 5.60. The Morgan fingerprint density at radius 2 is 2.19 bits per heavy atom. The summed E-state index contributed by atoms with van der Waals surface area (Å²) in [6, 6.07) is 7.83. The molecule has 0 aliphatic carbocycles. The van der Waals surface area contributed by atoms with Crippen LogP contribution >= 0.6 is 11.3 Å². The van der Waals surface area contributed by atoms with Crippen LogP contribution in [0, 0.1) is 13.8 Å². The van der Waals surface area contributed by atoms with E-state index < -0.39 is 0 Å². The van der Waals surface area contributed by atoms with Crippen LogP contribution in [0.4, 0.5) is 0 Å². The fourth-order valence-corrected chi connectivity index (χ4v) is 3.93. The zero-order valence-electron chi connectivity index (χ0n) is 14.8. The van der Waals surface area contributed by atoms with E-state index in [1.165, 1.54) is 22.2 Å². The molecule has 0 aliphatic rings. The highest BCUT2D eigenvalue weighted by atomic mass is 32.1. The molecule has 0 unspecified atom stereocenters. The number of thiophene rings is 1. The molecule has 3 heterocycles. The number of para-hydroxylation sites is 1. The number of fused-ring (bicyclic) bond motifs is 2. The number of hydrogen-bond donors (Lipinski definition) is 2. The average molecular weight is 379 g/mol. The van der Waals surface area contributed by atoms with Gasteiger partial charge < -0.3 is 4.98 Å². The summed E-state index contributed by atoms with van der Waals surface area (Å²) in [7, 11) is 0. The van der Waals surface area contributed by atoms with E-state index in [9.17, 15) is 9.59 Å². The number of rotatable bonds is 4. The van der Waals surface area contributed by atoms with Gasteiger partial charge in [0.1, 0.15) is 11.4 Å². The van der Waals surface area contributed by atoms with E-state index >= 15 is 0 Å². The number of aromatic amines is 1. The first-order chi connectivity index (χ1) is 13.0. The first-order valence-electron chi connectivity index (χ1n) is 8.38. The summed E-state index contributed by atoms with van der Waals surface area (Å²) in [5.41, 5.74) is 5.04. The van der Waals surface area contributed by atoms with Gasteiger partial charge in [0.05, 0.1) is 17.9 Å². The van der Waals surface area contributed by atoms with Crippen molar-refractivity contribution in [3.63, 3.8) is 0 Å². The molecule has 0 saturated carbocycles. The molecule has 2 N–H and O–H groups in total. The Balaban J connectivity index is 1.50. The fourth-order valence-electron chi connectivity index (χ4n) is 2.95. The highest BCUT2D eigenvalue weighted by Gasteiger charge is 2.13. The van der Waals surface area contributed by atoms with Crippen LogP contribution in [-0.2, 0) is 11.3 Å². The van der Waals surface area contributed by atoms with Gasteiger partial charge in [0.2, 0.25) is 0 Å². The van der Waals surface area contributed by atoms with Crippen molar-refractivity contribution < 1.29 is 4.79 Å². The number of carbonyl (C=O) groups excluding carboxylic acids is 1. The standard InChI is InChI=1S/C19H17N5O2S/c1-11-12(2)27-18-17(11)19(26)24(10-21-18)9-16(25)23-22-8-13-7-20-15-6-4-3-5-14(13)15/h3-8,10,20H,9H2,1-2H3,(H,23,25). The topological polar surface area (TPSA) is 92.1 Å².